The Balaban J connectivity index is 0.00000308. The molecule has 0 bridgehead atoms. The Labute approximate surface area is 234 Å². The summed E-state index contributed by atoms with van der Waals surface area (Å²) in [6.07, 6.45) is 0. The van der Waals surface area contributed by atoms with Crippen LogP contribution < -0.4 is 15.9 Å². The maximum Gasteiger partial charge on any atom is 0.168 e. The van der Waals surface area contributed by atoms with Crippen LogP contribution in [0, 0.1) is 0 Å². The van der Waals surface area contributed by atoms with Crippen molar-refractivity contribution in [2.45, 2.75) is 5.16 Å². The summed E-state index contributed by atoms with van der Waals surface area (Å²) in [5.74, 6) is 0. The van der Waals surface area contributed by atoms with E-state index < -0.39 is 12.4 Å². The van der Waals surface area contributed by atoms with Crippen LogP contribution in [0.2, 0.25) is 0 Å². The molecular weight excluding hydrogens is 486 g/mol. The van der Waals surface area contributed by atoms with Crippen LogP contribution in [0.4, 0.5) is 0 Å². The van der Waals surface area contributed by atoms with E-state index in [4.69, 9.17) is 0 Å². The van der Waals surface area contributed by atoms with Gasteiger partial charge in [-0.25, -0.2) is 0 Å². The predicted molar refractivity (Wildman–Crippen MR) is 176 cm³/mol. The van der Waals surface area contributed by atoms with Crippen molar-refractivity contribution < 1.29 is 0 Å². The summed E-state index contributed by atoms with van der Waals surface area (Å²) in [4.78, 5) is 0. The average molecular weight is 520 g/mol. The van der Waals surface area contributed by atoms with E-state index in [2.05, 4.69) is 182 Å². The lowest BCUT2D eigenvalue weighted by Gasteiger charge is -2.46. The minimum absolute atomic E-state index is 0. The zero-order valence-electron chi connectivity index (χ0n) is 21.3. The first-order valence-electron chi connectivity index (χ1n) is 13.1. The molecule has 0 fully saturated rings. The van der Waals surface area contributed by atoms with Gasteiger partial charge in [-0.15, -0.1) is 0 Å². The van der Waals surface area contributed by atoms with Gasteiger partial charge in [-0.05, 0) is 36.4 Å². The van der Waals surface area contributed by atoms with Crippen molar-refractivity contribution in [1.82, 2.24) is 0 Å². The predicted octanol–water partition coefficient (Wildman–Crippen LogP) is 6.52. The Hall–Kier alpha value is -4.19. The Morgan fingerprint density at radius 1 is 0.282 bits per heavy atom. The third-order valence-electron chi connectivity index (χ3n) is 7.51. The zero-order valence-corrected chi connectivity index (χ0v) is 22.2. The van der Waals surface area contributed by atoms with Crippen LogP contribution in [0.15, 0.2) is 182 Å². The van der Waals surface area contributed by atoms with E-state index in [0.717, 1.165) is 0 Å². The Bertz CT molecular complexity index is 1250. The average Bonchev–Trinajstić information content (AvgIpc) is 3.02. The molecule has 6 aromatic rings. The fraction of sp³-hybridized carbons (Fsp3) is 0.0270. The van der Waals surface area contributed by atoms with Crippen LogP contribution in [0.25, 0.3) is 0 Å². The van der Waals surface area contributed by atoms with Gasteiger partial charge in [-0.3, -0.25) is 0 Å². The minimum Gasteiger partial charge on any atom is -0.0626 e. The first-order valence-corrected chi connectivity index (χ1v) is 14.9. The van der Waals surface area contributed by atoms with Crippen LogP contribution in [0.1, 0.15) is 16.7 Å². The Morgan fingerprint density at radius 2 is 0.487 bits per heavy atom. The van der Waals surface area contributed by atoms with E-state index in [1.54, 1.807) is 0 Å². The van der Waals surface area contributed by atoms with Crippen LogP contribution >= 0.6 is 7.26 Å². The molecule has 39 heavy (non-hydrogen) atoms. The maximum absolute atomic E-state index is 2.46. The molecule has 0 radical (unpaired) electrons. The van der Waals surface area contributed by atoms with Crippen molar-refractivity contribution in [2.24, 2.45) is 0 Å². The summed E-state index contributed by atoms with van der Waals surface area (Å²) in [5.41, 5.74) is 3.88. The molecule has 0 unspecified atom stereocenters. The number of hydrogen-bond acceptors (Lipinski definition) is 0. The van der Waals surface area contributed by atoms with Gasteiger partial charge in [0.1, 0.15) is 23.2 Å². The van der Waals surface area contributed by atoms with Crippen LogP contribution in [0.5, 0.6) is 0 Å². The van der Waals surface area contributed by atoms with Gasteiger partial charge in [0, 0.05) is 16.7 Å². The van der Waals surface area contributed by atoms with Crippen molar-refractivity contribution in [3.8, 4) is 0 Å². The highest BCUT2D eigenvalue weighted by molar-refractivity contribution is 7.97. The van der Waals surface area contributed by atoms with Gasteiger partial charge in [0.15, 0.2) is 5.16 Å². The smallest absolute Gasteiger partial charge is 0.0626 e. The topological polar surface area (TPSA) is 0 Å². The Morgan fingerprint density at radius 3 is 0.718 bits per heavy atom. The minimum atomic E-state index is -2.46. The van der Waals surface area contributed by atoms with E-state index in [1.807, 2.05) is 0 Å². The second kappa shape index (κ2) is 11.7. The van der Waals surface area contributed by atoms with Crippen molar-refractivity contribution in [2.75, 3.05) is 0 Å². The summed E-state index contributed by atoms with van der Waals surface area (Å²) >= 11 is 0. The molecule has 0 saturated carbocycles. The lowest BCUT2D eigenvalue weighted by molar-refractivity contribution is 0.877. The van der Waals surface area contributed by atoms with Gasteiger partial charge in [-0.1, -0.05) is 154 Å². The van der Waals surface area contributed by atoms with E-state index in [1.165, 1.54) is 32.6 Å². The summed E-state index contributed by atoms with van der Waals surface area (Å²) < 4.78 is 0. The van der Waals surface area contributed by atoms with Gasteiger partial charge in [0.25, 0.3) is 0 Å². The third-order valence-corrected chi connectivity index (χ3v) is 12.5. The SMILES string of the molecule is [BH4-].c1ccc(C(c2ccccc2)(c2ccccc2)[P+](c2ccccc2)(c2ccccc2)c2ccccc2)cc1. The van der Waals surface area contributed by atoms with Crippen LogP contribution in [-0.2, 0) is 5.16 Å². The quantitative estimate of drug-likeness (QED) is 0.128. The molecule has 2 heteroatoms. The molecule has 0 nitrogen and oxygen atoms in total. The molecule has 0 atom stereocenters. The highest BCUT2D eigenvalue weighted by atomic mass is 31.2. The Kier molecular flexibility index (Phi) is 7.92. The largest absolute Gasteiger partial charge is 0.168 e. The van der Waals surface area contributed by atoms with Crippen molar-refractivity contribution in [1.29, 1.82) is 0 Å². The molecule has 0 N–H and O–H groups in total. The summed E-state index contributed by atoms with van der Waals surface area (Å²) in [6.45, 7) is 0. The highest BCUT2D eigenvalue weighted by Gasteiger charge is 2.65. The highest BCUT2D eigenvalue weighted by Crippen LogP contribution is 2.74. The molecule has 0 heterocycles. The standard InChI is InChI=1S/C37H30P.BH4/c1-7-19-31(20-8-1)37(32-21-9-2-10-22-32,33-23-11-3-12-24-33)38(34-25-13-4-14-26-34,35-27-15-5-16-28-35)36-29-17-6-18-30-36;/h1-30H;1H4/q+1;-1. The monoisotopic (exact) mass is 520 g/mol. The fourth-order valence-corrected chi connectivity index (χ4v) is 11.6. The first kappa shape index (κ1) is 26.4. The molecule has 0 aliphatic rings. The second-order valence-electron chi connectivity index (χ2n) is 9.49. The summed E-state index contributed by atoms with van der Waals surface area (Å²) in [7, 11) is -2.46. The molecule has 0 aromatic heterocycles. The van der Waals surface area contributed by atoms with Crippen LogP contribution in [0.3, 0.4) is 0 Å². The molecule has 6 rings (SSSR count). The van der Waals surface area contributed by atoms with E-state index in [0.29, 0.717) is 0 Å². The number of benzene rings is 6. The molecule has 0 spiro atoms. The maximum atomic E-state index is 2.34. The number of hydrogen-bond donors (Lipinski definition) is 0. The zero-order chi connectivity index (χ0) is 25.7. The van der Waals surface area contributed by atoms with Gasteiger partial charge in [0.2, 0.25) is 0 Å². The summed E-state index contributed by atoms with van der Waals surface area (Å²) in [5, 5.41) is 3.58. The first-order chi connectivity index (χ1) is 18.9. The van der Waals surface area contributed by atoms with Crippen molar-refractivity contribution in [3.05, 3.63) is 199 Å². The molecule has 0 saturated heterocycles. The van der Waals surface area contributed by atoms with E-state index >= 15 is 0 Å². The lowest BCUT2D eigenvalue weighted by atomic mass is 9.84. The third kappa shape index (κ3) is 4.34. The van der Waals surface area contributed by atoms with Gasteiger partial charge < -0.3 is 0 Å². The molecule has 0 amide bonds. The second-order valence-corrected chi connectivity index (χ2v) is 13.0. The molecule has 6 aromatic carbocycles. The molecule has 190 valence electrons. The fourth-order valence-electron chi connectivity index (χ4n) is 6.10. The van der Waals surface area contributed by atoms with Gasteiger partial charge in [-0.2, -0.15) is 0 Å². The molecular formula is C37H34BP. The van der Waals surface area contributed by atoms with E-state index in [-0.39, 0.29) is 8.41 Å². The van der Waals surface area contributed by atoms with Gasteiger partial charge >= 0.3 is 0 Å². The molecule has 0 aliphatic heterocycles. The van der Waals surface area contributed by atoms with Gasteiger partial charge in [0.05, 0.1) is 0 Å². The van der Waals surface area contributed by atoms with Crippen molar-refractivity contribution >= 4 is 31.6 Å². The summed E-state index contributed by atoms with van der Waals surface area (Å²) in [6, 6.07) is 67.1. The van der Waals surface area contributed by atoms with Crippen molar-refractivity contribution in [3.63, 3.8) is 0 Å². The normalized spacial score (nSPS) is 11.4. The van der Waals surface area contributed by atoms with Crippen LogP contribution in [-0.4, -0.2) is 8.41 Å². The lowest BCUT2D eigenvalue weighted by Crippen LogP contribution is -2.47. The van der Waals surface area contributed by atoms with E-state index in [9.17, 15) is 0 Å². The number of rotatable bonds is 7. The molecule has 0 aliphatic carbocycles.